The third-order valence-corrected chi connectivity index (χ3v) is 9.94. The SMILES string of the molecule is CC1CC=CC2=C1N(c1n[nH]c(N)n1)CC21CCN(C(=O)[C@@H](Cc2c[nH]c3ccccc23)NC(=O)N[C@@H]2CCCNC2)CC1. The highest BCUT2D eigenvalue weighted by Crippen LogP contribution is 2.51. The number of allylic oxidation sites excluding steroid dienone is 3. The van der Waals surface area contributed by atoms with Gasteiger partial charge in [-0.1, -0.05) is 37.3 Å². The number of aromatic amines is 2. The van der Waals surface area contributed by atoms with Crippen LogP contribution in [0.2, 0.25) is 0 Å². The van der Waals surface area contributed by atoms with Crippen LogP contribution in [-0.2, 0) is 11.2 Å². The molecule has 7 rings (SSSR count). The number of aromatic nitrogens is 4. The number of carbonyl (C=O) groups excluding carboxylic acids is 2. The summed E-state index contributed by atoms with van der Waals surface area (Å²) in [6.45, 7) is 5.94. The number of hydrogen-bond acceptors (Lipinski definition) is 7. The van der Waals surface area contributed by atoms with E-state index in [-0.39, 0.29) is 23.4 Å². The van der Waals surface area contributed by atoms with Crippen molar-refractivity contribution < 1.29 is 9.59 Å². The van der Waals surface area contributed by atoms with Crippen molar-refractivity contribution in [2.75, 3.05) is 43.4 Å². The summed E-state index contributed by atoms with van der Waals surface area (Å²) in [5.74, 6) is 1.21. The quantitative estimate of drug-likeness (QED) is 0.254. The smallest absolute Gasteiger partial charge is 0.315 e. The first-order valence-electron chi connectivity index (χ1n) is 15.9. The average molecular weight is 599 g/mol. The molecule has 2 fully saturated rings. The third-order valence-electron chi connectivity index (χ3n) is 9.94. The number of nitrogens with zero attached hydrogens (tertiary/aromatic N) is 4. The molecular formula is C32H42N10O2. The molecule has 3 aliphatic heterocycles. The summed E-state index contributed by atoms with van der Waals surface area (Å²) in [5, 5.41) is 17.7. The monoisotopic (exact) mass is 598 g/mol. The minimum absolute atomic E-state index is 0.0413. The number of amides is 3. The van der Waals surface area contributed by atoms with Crippen molar-refractivity contribution in [1.82, 2.24) is 41.0 Å². The van der Waals surface area contributed by atoms with Gasteiger partial charge in [-0.15, -0.1) is 5.10 Å². The molecule has 0 bridgehead atoms. The number of anilines is 2. The number of H-pyrrole nitrogens is 2. The maximum absolute atomic E-state index is 14.2. The standard InChI is InChI=1S/C32H42N10O2/c1-20-6-4-9-24-27(20)42(30-38-29(33)39-40-30)19-32(24)11-14-41(15-12-32)28(43)26(37-31(44)36-22-7-5-13-34-18-22)16-21-17-35-25-10-3-2-8-23(21)25/h2-4,8-10,17,20,22,26,34-35H,5-7,11-16,18-19H2,1H3,(H2,36,37,44)(H3,33,38,39,40)/t20?,22-,26-/m1/s1. The lowest BCUT2D eigenvalue weighted by Crippen LogP contribution is -2.57. The number of rotatable bonds is 6. The van der Waals surface area contributed by atoms with Crippen LogP contribution in [0, 0.1) is 11.3 Å². The third kappa shape index (κ3) is 5.31. The Kier molecular flexibility index (Phi) is 7.53. The number of nitrogens with one attached hydrogen (secondary N) is 5. The Morgan fingerprint density at radius 2 is 2.07 bits per heavy atom. The molecule has 1 unspecified atom stereocenters. The first kappa shape index (κ1) is 28.5. The molecule has 1 aliphatic carbocycles. The molecule has 1 aromatic carbocycles. The first-order valence-corrected chi connectivity index (χ1v) is 15.9. The topological polar surface area (TPSA) is 160 Å². The van der Waals surface area contributed by atoms with E-state index in [1.54, 1.807) is 0 Å². The lowest BCUT2D eigenvalue weighted by Gasteiger charge is -2.41. The Balaban J connectivity index is 1.09. The number of hydrogen-bond donors (Lipinski definition) is 6. The van der Waals surface area contributed by atoms with Crippen molar-refractivity contribution in [3.05, 3.63) is 59.4 Å². The normalized spacial score (nSPS) is 23.7. The van der Waals surface area contributed by atoms with Crippen LogP contribution >= 0.6 is 0 Å². The molecule has 3 amide bonds. The van der Waals surface area contributed by atoms with E-state index in [2.05, 4.69) is 66.2 Å². The molecule has 4 aliphatic rings. The van der Waals surface area contributed by atoms with Gasteiger partial charge in [0.15, 0.2) is 0 Å². The molecule has 7 N–H and O–H groups in total. The number of piperidine rings is 2. The number of likely N-dealkylation sites (tertiary alicyclic amines) is 1. The van der Waals surface area contributed by atoms with Crippen LogP contribution in [0.5, 0.6) is 0 Å². The molecule has 2 aromatic heterocycles. The van der Waals surface area contributed by atoms with Crippen LogP contribution < -0.4 is 26.6 Å². The van der Waals surface area contributed by atoms with Crippen molar-refractivity contribution in [2.45, 2.75) is 57.5 Å². The summed E-state index contributed by atoms with van der Waals surface area (Å²) in [6.07, 6.45) is 11.5. The van der Waals surface area contributed by atoms with Gasteiger partial charge >= 0.3 is 6.03 Å². The molecule has 44 heavy (non-hydrogen) atoms. The Hall–Kier alpha value is -4.32. The average Bonchev–Trinajstić information content (AvgIpc) is 3.74. The fraction of sp³-hybridized carbons (Fsp3) is 0.500. The molecule has 12 heteroatoms. The van der Waals surface area contributed by atoms with E-state index in [0.29, 0.717) is 37.3 Å². The highest BCUT2D eigenvalue weighted by molar-refractivity contribution is 5.89. The number of benzene rings is 1. The summed E-state index contributed by atoms with van der Waals surface area (Å²) < 4.78 is 0. The molecule has 12 nitrogen and oxygen atoms in total. The molecular weight excluding hydrogens is 556 g/mol. The Labute approximate surface area is 256 Å². The van der Waals surface area contributed by atoms with Gasteiger partial charge in [-0.25, -0.2) is 9.89 Å². The second kappa shape index (κ2) is 11.6. The lowest BCUT2D eigenvalue weighted by molar-refractivity contribution is -0.135. The molecule has 3 aromatic rings. The van der Waals surface area contributed by atoms with Gasteiger partial charge in [0.1, 0.15) is 6.04 Å². The van der Waals surface area contributed by atoms with E-state index in [0.717, 1.165) is 68.2 Å². The number of para-hydroxylation sites is 1. The number of carbonyl (C=O) groups is 2. The van der Waals surface area contributed by atoms with E-state index in [9.17, 15) is 9.59 Å². The van der Waals surface area contributed by atoms with Crippen molar-refractivity contribution in [3.8, 4) is 0 Å². The molecule has 5 heterocycles. The Bertz CT molecular complexity index is 1590. The van der Waals surface area contributed by atoms with Crippen LogP contribution in [0.3, 0.4) is 0 Å². The van der Waals surface area contributed by atoms with Crippen molar-refractivity contribution in [2.24, 2.45) is 11.3 Å². The molecule has 232 valence electrons. The van der Waals surface area contributed by atoms with E-state index in [4.69, 9.17) is 5.73 Å². The number of nitrogens with two attached hydrogens (primary N) is 1. The number of urea groups is 1. The number of nitrogen functional groups attached to an aromatic ring is 1. The largest absolute Gasteiger partial charge is 0.368 e. The molecule has 0 saturated carbocycles. The molecule has 1 spiro atoms. The van der Waals surface area contributed by atoms with Gasteiger partial charge in [0.25, 0.3) is 5.95 Å². The van der Waals surface area contributed by atoms with Gasteiger partial charge in [0, 0.05) is 72.8 Å². The zero-order chi connectivity index (χ0) is 30.3. The lowest BCUT2D eigenvalue weighted by atomic mass is 9.71. The number of fused-ring (bicyclic) bond motifs is 2. The predicted molar refractivity (Wildman–Crippen MR) is 170 cm³/mol. The summed E-state index contributed by atoms with van der Waals surface area (Å²) >= 11 is 0. The predicted octanol–water partition coefficient (Wildman–Crippen LogP) is 2.81. The van der Waals surface area contributed by atoms with Gasteiger partial charge in [0.2, 0.25) is 11.9 Å². The fourth-order valence-electron chi connectivity index (χ4n) is 7.63. The van der Waals surface area contributed by atoms with E-state index < -0.39 is 6.04 Å². The van der Waals surface area contributed by atoms with Crippen LogP contribution in [0.15, 0.2) is 53.9 Å². The zero-order valence-electron chi connectivity index (χ0n) is 25.2. The van der Waals surface area contributed by atoms with Gasteiger partial charge < -0.3 is 36.5 Å². The second-order valence-corrected chi connectivity index (χ2v) is 12.8. The van der Waals surface area contributed by atoms with Gasteiger partial charge in [-0.3, -0.25) is 4.79 Å². The minimum Gasteiger partial charge on any atom is -0.368 e. The summed E-state index contributed by atoms with van der Waals surface area (Å²) in [5.41, 5.74) is 10.4. The van der Waals surface area contributed by atoms with E-state index in [1.807, 2.05) is 29.3 Å². The Morgan fingerprint density at radius 3 is 2.84 bits per heavy atom. The summed E-state index contributed by atoms with van der Waals surface area (Å²) in [6, 6.07) is 7.15. The highest BCUT2D eigenvalue weighted by atomic mass is 16.2. The molecule has 3 atom stereocenters. The van der Waals surface area contributed by atoms with Crippen LogP contribution in [0.25, 0.3) is 10.9 Å². The first-order chi connectivity index (χ1) is 21.4. The van der Waals surface area contributed by atoms with Crippen molar-refractivity contribution >= 4 is 34.7 Å². The van der Waals surface area contributed by atoms with E-state index >= 15 is 0 Å². The minimum atomic E-state index is -0.680. The summed E-state index contributed by atoms with van der Waals surface area (Å²) in [4.78, 5) is 39.3. The van der Waals surface area contributed by atoms with Crippen LogP contribution in [-0.4, -0.2) is 81.8 Å². The highest BCUT2D eigenvalue weighted by Gasteiger charge is 2.49. The van der Waals surface area contributed by atoms with Gasteiger partial charge in [0.05, 0.1) is 0 Å². The molecule has 2 saturated heterocycles. The van der Waals surface area contributed by atoms with Crippen LogP contribution in [0.4, 0.5) is 16.7 Å². The zero-order valence-corrected chi connectivity index (χ0v) is 25.2. The van der Waals surface area contributed by atoms with Crippen molar-refractivity contribution in [1.29, 1.82) is 0 Å². The van der Waals surface area contributed by atoms with E-state index in [1.165, 1.54) is 11.3 Å². The maximum Gasteiger partial charge on any atom is 0.315 e. The van der Waals surface area contributed by atoms with Gasteiger partial charge in [-0.05, 0) is 55.9 Å². The second-order valence-electron chi connectivity index (χ2n) is 12.8. The van der Waals surface area contributed by atoms with Crippen LogP contribution in [0.1, 0.15) is 44.6 Å². The fourth-order valence-corrected chi connectivity index (χ4v) is 7.63. The van der Waals surface area contributed by atoms with Crippen molar-refractivity contribution in [3.63, 3.8) is 0 Å². The van der Waals surface area contributed by atoms with Gasteiger partial charge in [-0.2, -0.15) is 4.98 Å². The maximum atomic E-state index is 14.2. The summed E-state index contributed by atoms with van der Waals surface area (Å²) in [7, 11) is 0. The molecule has 0 radical (unpaired) electrons. The Morgan fingerprint density at radius 1 is 1.23 bits per heavy atom.